The highest BCUT2D eigenvalue weighted by Gasteiger charge is 2.28. The molecule has 0 bridgehead atoms. The van der Waals surface area contributed by atoms with Crippen LogP contribution in [0.3, 0.4) is 0 Å². The first-order valence-electron chi connectivity index (χ1n) is 8.14. The van der Waals surface area contributed by atoms with Gasteiger partial charge < -0.3 is 4.90 Å². The zero-order valence-corrected chi connectivity index (χ0v) is 15.1. The standard InChI is InChI=1S/C18H18N4O3S/c1-14(23)15-2-6-18(7-3-15)26(24,25)22-10-8-21(9-11-22)17-5-4-16(12-19)20-13-17/h2-7,13H,8-11H2,1H3. The number of sulfonamides is 1. The Kier molecular flexibility index (Phi) is 5.02. The predicted octanol–water partition coefficient (Wildman–Crippen LogP) is 1.67. The van der Waals surface area contributed by atoms with Crippen LogP contribution in [-0.2, 0) is 10.0 Å². The van der Waals surface area contributed by atoms with Crippen molar-refractivity contribution in [3.8, 4) is 6.07 Å². The second-order valence-corrected chi connectivity index (χ2v) is 7.92. The molecule has 0 spiro atoms. The average molecular weight is 370 g/mol. The van der Waals surface area contributed by atoms with E-state index in [4.69, 9.17) is 5.26 Å². The Balaban J connectivity index is 1.70. The number of pyridine rings is 1. The lowest BCUT2D eigenvalue weighted by molar-refractivity contribution is 0.101. The summed E-state index contributed by atoms with van der Waals surface area (Å²) in [4.78, 5) is 17.6. The normalized spacial score (nSPS) is 15.5. The highest BCUT2D eigenvalue weighted by Crippen LogP contribution is 2.21. The van der Waals surface area contributed by atoms with E-state index in [9.17, 15) is 13.2 Å². The molecular formula is C18H18N4O3S. The fourth-order valence-corrected chi connectivity index (χ4v) is 4.26. The third-order valence-corrected chi connectivity index (χ3v) is 6.28. The molecule has 1 aromatic heterocycles. The lowest BCUT2D eigenvalue weighted by Crippen LogP contribution is -2.48. The number of anilines is 1. The van der Waals surface area contributed by atoms with Crippen molar-refractivity contribution in [1.82, 2.24) is 9.29 Å². The summed E-state index contributed by atoms with van der Waals surface area (Å²) < 4.78 is 27.0. The molecule has 8 heteroatoms. The van der Waals surface area contributed by atoms with E-state index in [1.54, 1.807) is 12.3 Å². The number of aromatic nitrogens is 1. The molecule has 1 aliphatic heterocycles. The van der Waals surface area contributed by atoms with Gasteiger partial charge in [0.1, 0.15) is 11.8 Å². The summed E-state index contributed by atoms with van der Waals surface area (Å²) in [5.41, 5.74) is 1.71. The number of carbonyl (C=O) groups excluding carboxylic acids is 1. The van der Waals surface area contributed by atoms with Crippen LogP contribution in [0.15, 0.2) is 47.5 Å². The number of nitrogens with zero attached hydrogens (tertiary/aromatic N) is 4. The largest absolute Gasteiger partial charge is 0.368 e. The number of hydrogen-bond acceptors (Lipinski definition) is 6. The maximum atomic E-state index is 12.8. The van der Waals surface area contributed by atoms with Gasteiger partial charge in [-0.05, 0) is 31.2 Å². The molecular weight excluding hydrogens is 352 g/mol. The van der Waals surface area contributed by atoms with Gasteiger partial charge in [-0.15, -0.1) is 0 Å². The third kappa shape index (κ3) is 3.59. The average Bonchev–Trinajstić information content (AvgIpc) is 2.68. The van der Waals surface area contributed by atoms with Gasteiger partial charge in [-0.3, -0.25) is 4.79 Å². The van der Waals surface area contributed by atoms with Crippen LogP contribution in [0, 0.1) is 11.3 Å². The lowest BCUT2D eigenvalue weighted by Gasteiger charge is -2.35. The fourth-order valence-electron chi connectivity index (χ4n) is 2.84. The van der Waals surface area contributed by atoms with Crippen LogP contribution >= 0.6 is 0 Å². The van der Waals surface area contributed by atoms with E-state index in [-0.39, 0.29) is 10.7 Å². The quantitative estimate of drug-likeness (QED) is 0.760. The van der Waals surface area contributed by atoms with E-state index >= 15 is 0 Å². The number of nitriles is 1. The molecule has 3 rings (SSSR count). The number of carbonyl (C=O) groups is 1. The van der Waals surface area contributed by atoms with Crippen LogP contribution < -0.4 is 4.90 Å². The minimum atomic E-state index is -3.58. The zero-order chi connectivity index (χ0) is 18.7. The zero-order valence-electron chi connectivity index (χ0n) is 14.3. The van der Waals surface area contributed by atoms with Gasteiger partial charge in [-0.25, -0.2) is 13.4 Å². The van der Waals surface area contributed by atoms with Crippen molar-refractivity contribution >= 4 is 21.5 Å². The molecule has 0 aliphatic carbocycles. The summed E-state index contributed by atoms with van der Waals surface area (Å²) in [7, 11) is -3.58. The minimum absolute atomic E-state index is 0.0985. The molecule has 26 heavy (non-hydrogen) atoms. The maximum Gasteiger partial charge on any atom is 0.243 e. The summed E-state index contributed by atoms with van der Waals surface area (Å²) in [6.45, 7) is 3.24. The van der Waals surface area contributed by atoms with Crippen molar-refractivity contribution in [3.05, 3.63) is 53.9 Å². The van der Waals surface area contributed by atoms with Gasteiger partial charge in [0, 0.05) is 31.7 Å². The van der Waals surface area contributed by atoms with Crippen molar-refractivity contribution in [2.24, 2.45) is 0 Å². The van der Waals surface area contributed by atoms with Gasteiger partial charge in [0.15, 0.2) is 5.78 Å². The highest BCUT2D eigenvalue weighted by atomic mass is 32.2. The van der Waals surface area contributed by atoms with E-state index in [2.05, 4.69) is 4.98 Å². The van der Waals surface area contributed by atoms with Crippen molar-refractivity contribution in [2.75, 3.05) is 31.1 Å². The number of hydrogen-bond donors (Lipinski definition) is 0. The Bertz CT molecular complexity index is 939. The first-order chi connectivity index (χ1) is 12.4. The lowest BCUT2D eigenvalue weighted by atomic mass is 10.2. The van der Waals surface area contributed by atoms with Crippen LogP contribution in [0.2, 0.25) is 0 Å². The molecule has 1 aromatic carbocycles. The number of Topliss-reactive ketones (excluding diaryl/α,β-unsaturated/α-hetero) is 1. The number of ketones is 1. The molecule has 0 radical (unpaired) electrons. The Labute approximate surface area is 152 Å². The molecule has 1 fully saturated rings. The third-order valence-electron chi connectivity index (χ3n) is 4.36. The molecule has 0 atom stereocenters. The van der Waals surface area contributed by atoms with Gasteiger partial charge in [0.05, 0.1) is 16.8 Å². The number of piperazine rings is 1. The Hall–Kier alpha value is -2.76. The molecule has 7 nitrogen and oxygen atoms in total. The van der Waals surface area contributed by atoms with Crippen molar-refractivity contribution in [2.45, 2.75) is 11.8 Å². The van der Waals surface area contributed by atoms with Crippen LogP contribution in [0.1, 0.15) is 23.0 Å². The first-order valence-corrected chi connectivity index (χ1v) is 9.58. The van der Waals surface area contributed by atoms with Crippen LogP contribution in [0.4, 0.5) is 5.69 Å². The van der Waals surface area contributed by atoms with E-state index < -0.39 is 10.0 Å². The minimum Gasteiger partial charge on any atom is -0.368 e. The van der Waals surface area contributed by atoms with Crippen LogP contribution in [0.25, 0.3) is 0 Å². The second kappa shape index (κ2) is 7.23. The first kappa shape index (κ1) is 18.0. The van der Waals surface area contributed by atoms with Gasteiger partial charge in [0.25, 0.3) is 0 Å². The van der Waals surface area contributed by atoms with E-state index in [1.165, 1.54) is 35.5 Å². The Morgan fingerprint density at radius 1 is 1.08 bits per heavy atom. The molecule has 2 aromatic rings. The van der Waals surface area contributed by atoms with Crippen LogP contribution in [0.5, 0.6) is 0 Å². The summed E-state index contributed by atoms with van der Waals surface area (Å²) in [5.74, 6) is -0.0985. The van der Waals surface area contributed by atoms with Gasteiger partial charge in [-0.1, -0.05) is 12.1 Å². The van der Waals surface area contributed by atoms with Gasteiger partial charge in [-0.2, -0.15) is 9.57 Å². The molecule has 134 valence electrons. The summed E-state index contributed by atoms with van der Waals surface area (Å²) in [5, 5.41) is 8.80. The summed E-state index contributed by atoms with van der Waals surface area (Å²) in [6.07, 6.45) is 1.63. The van der Waals surface area contributed by atoms with Gasteiger partial charge in [0.2, 0.25) is 10.0 Å². The SMILES string of the molecule is CC(=O)c1ccc(S(=O)(=O)N2CCN(c3ccc(C#N)nc3)CC2)cc1. The molecule has 1 saturated heterocycles. The van der Waals surface area contributed by atoms with Crippen molar-refractivity contribution in [1.29, 1.82) is 5.26 Å². The summed E-state index contributed by atoms with van der Waals surface area (Å²) in [6, 6.07) is 11.5. The van der Waals surface area contributed by atoms with E-state index in [0.29, 0.717) is 37.4 Å². The fraction of sp³-hybridized carbons (Fsp3) is 0.278. The highest BCUT2D eigenvalue weighted by molar-refractivity contribution is 7.89. The molecule has 0 N–H and O–H groups in total. The molecule has 0 amide bonds. The number of rotatable bonds is 4. The molecule has 0 saturated carbocycles. The molecule has 2 heterocycles. The van der Waals surface area contributed by atoms with Gasteiger partial charge >= 0.3 is 0 Å². The summed E-state index contributed by atoms with van der Waals surface area (Å²) >= 11 is 0. The van der Waals surface area contributed by atoms with E-state index in [1.807, 2.05) is 17.0 Å². The predicted molar refractivity (Wildman–Crippen MR) is 96.4 cm³/mol. The second-order valence-electron chi connectivity index (χ2n) is 5.99. The number of benzene rings is 1. The Morgan fingerprint density at radius 3 is 2.23 bits per heavy atom. The monoisotopic (exact) mass is 370 g/mol. The smallest absolute Gasteiger partial charge is 0.243 e. The maximum absolute atomic E-state index is 12.8. The van der Waals surface area contributed by atoms with Crippen molar-refractivity contribution < 1.29 is 13.2 Å². The molecule has 0 unspecified atom stereocenters. The Morgan fingerprint density at radius 2 is 1.73 bits per heavy atom. The van der Waals surface area contributed by atoms with Crippen LogP contribution in [-0.4, -0.2) is 49.7 Å². The molecule has 1 aliphatic rings. The topological polar surface area (TPSA) is 94.4 Å². The van der Waals surface area contributed by atoms with E-state index in [0.717, 1.165) is 5.69 Å². The van der Waals surface area contributed by atoms with Crippen molar-refractivity contribution in [3.63, 3.8) is 0 Å².